The predicted molar refractivity (Wildman–Crippen MR) is 72.5 cm³/mol. The van der Waals surface area contributed by atoms with E-state index >= 15 is 0 Å². The van der Waals surface area contributed by atoms with Crippen LogP contribution in [0.1, 0.15) is 25.8 Å². The van der Waals surface area contributed by atoms with Crippen LogP contribution >= 0.6 is 15.9 Å². The molecule has 0 spiro atoms. The lowest BCUT2D eigenvalue weighted by atomic mass is 9.97. The van der Waals surface area contributed by atoms with E-state index in [1.54, 1.807) is 6.07 Å². The number of benzene rings is 1. The number of nitrogens with one attached hydrogen (secondary N) is 1. The summed E-state index contributed by atoms with van der Waals surface area (Å²) in [6.45, 7) is 4.59. The zero-order chi connectivity index (χ0) is 12.6. The van der Waals surface area contributed by atoms with E-state index in [1.165, 1.54) is 12.5 Å². The third-order valence-electron chi connectivity index (χ3n) is 3.92. The van der Waals surface area contributed by atoms with Crippen LogP contribution in [-0.4, -0.2) is 13.1 Å². The predicted octanol–water partition coefficient (Wildman–Crippen LogP) is 3.76. The Balaban J connectivity index is 2.11. The van der Waals surface area contributed by atoms with Gasteiger partial charge in [-0.15, -0.1) is 0 Å². The first-order chi connectivity index (χ1) is 7.95. The summed E-state index contributed by atoms with van der Waals surface area (Å²) in [5.74, 6) is 0.523. The number of halogens is 2. The van der Waals surface area contributed by atoms with Crippen molar-refractivity contribution < 1.29 is 4.39 Å². The molecule has 94 valence electrons. The van der Waals surface area contributed by atoms with Gasteiger partial charge in [0.2, 0.25) is 0 Å². The van der Waals surface area contributed by atoms with E-state index in [2.05, 4.69) is 35.1 Å². The van der Waals surface area contributed by atoms with Crippen molar-refractivity contribution in [3.05, 3.63) is 34.1 Å². The Morgan fingerprint density at radius 2 is 2.18 bits per heavy atom. The maximum Gasteiger partial charge on any atom is 0.137 e. The first-order valence-corrected chi connectivity index (χ1v) is 6.85. The van der Waals surface area contributed by atoms with Crippen LogP contribution in [0.5, 0.6) is 0 Å². The summed E-state index contributed by atoms with van der Waals surface area (Å²) < 4.78 is 14.0. The highest BCUT2D eigenvalue weighted by molar-refractivity contribution is 9.10. The Morgan fingerprint density at radius 3 is 2.71 bits per heavy atom. The van der Waals surface area contributed by atoms with Gasteiger partial charge in [0, 0.05) is 6.04 Å². The van der Waals surface area contributed by atoms with Crippen molar-refractivity contribution in [2.75, 3.05) is 7.05 Å². The molecule has 1 saturated carbocycles. The summed E-state index contributed by atoms with van der Waals surface area (Å²) in [6, 6.07) is 5.69. The molecule has 0 radical (unpaired) electrons. The van der Waals surface area contributed by atoms with Crippen LogP contribution in [0.4, 0.5) is 4.39 Å². The number of likely N-dealkylation sites (N-methyl/N-ethyl adjacent to an activating group) is 1. The smallest absolute Gasteiger partial charge is 0.137 e. The second-order valence-corrected chi connectivity index (χ2v) is 6.40. The Morgan fingerprint density at radius 1 is 1.53 bits per heavy atom. The van der Waals surface area contributed by atoms with Crippen molar-refractivity contribution in [1.29, 1.82) is 0 Å². The molecule has 1 aromatic rings. The maximum absolute atomic E-state index is 13.4. The highest BCUT2D eigenvalue weighted by Gasteiger charge is 2.49. The lowest BCUT2D eigenvalue weighted by Gasteiger charge is -2.19. The molecule has 0 saturated heterocycles. The average Bonchev–Trinajstić information content (AvgIpc) is 2.90. The third-order valence-corrected chi connectivity index (χ3v) is 4.81. The van der Waals surface area contributed by atoms with Gasteiger partial charge in [-0.3, -0.25) is 0 Å². The molecule has 1 fully saturated rings. The second kappa shape index (κ2) is 4.69. The lowest BCUT2D eigenvalue weighted by Crippen LogP contribution is -2.31. The quantitative estimate of drug-likeness (QED) is 0.892. The van der Waals surface area contributed by atoms with Gasteiger partial charge >= 0.3 is 0 Å². The molecular weight excluding hydrogens is 281 g/mol. The van der Waals surface area contributed by atoms with Crippen molar-refractivity contribution in [1.82, 2.24) is 5.32 Å². The molecule has 3 heteroatoms. The fourth-order valence-corrected chi connectivity index (χ4v) is 3.01. The largest absolute Gasteiger partial charge is 0.316 e. The third kappa shape index (κ3) is 2.71. The normalized spacial score (nSPS) is 23.5. The van der Waals surface area contributed by atoms with Gasteiger partial charge in [-0.2, -0.15) is 0 Å². The molecular formula is C14H19BrFN. The minimum atomic E-state index is -0.174. The number of rotatable bonds is 4. The molecule has 17 heavy (non-hydrogen) atoms. The molecule has 2 rings (SSSR count). The van der Waals surface area contributed by atoms with E-state index in [4.69, 9.17) is 0 Å². The van der Waals surface area contributed by atoms with Gasteiger partial charge in [0.1, 0.15) is 5.82 Å². The van der Waals surface area contributed by atoms with E-state index in [0.717, 1.165) is 12.0 Å². The molecule has 1 nitrogen and oxygen atoms in total. The van der Waals surface area contributed by atoms with E-state index in [0.29, 0.717) is 21.8 Å². The summed E-state index contributed by atoms with van der Waals surface area (Å²) >= 11 is 3.33. The van der Waals surface area contributed by atoms with Gasteiger partial charge in [0.15, 0.2) is 0 Å². The number of hydrogen-bond donors (Lipinski definition) is 1. The van der Waals surface area contributed by atoms with Crippen molar-refractivity contribution in [2.45, 2.75) is 32.7 Å². The lowest BCUT2D eigenvalue weighted by molar-refractivity contribution is 0.425. The van der Waals surface area contributed by atoms with Crippen molar-refractivity contribution in [3.63, 3.8) is 0 Å². The summed E-state index contributed by atoms with van der Waals surface area (Å²) in [7, 11) is 1.99. The molecule has 1 aliphatic carbocycles. The van der Waals surface area contributed by atoms with Crippen LogP contribution in [-0.2, 0) is 6.42 Å². The highest BCUT2D eigenvalue weighted by atomic mass is 79.9. The Bertz CT molecular complexity index is 417. The zero-order valence-electron chi connectivity index (χ0n) is 10.6. The van der Waals surface area contributed by atoms with Crippen molar-refractivity contribution >= 4 is 15.9 Å². The fourth-order valence-electron chi connectivity index (χ4n) is 2.58. The molecule has 0 aliphatic heterocycles. The molecule has 2 unspecified atom stereocenters. The number of hydrogen-bond acceptors (Lipinski definition) is 1. The van der Waals surface area contributed by atoms with Gasteiger partial charge in [0.05, 0.1) is 4.47 Å². The topological polar surface area (TPSA) is 12.0 Å². The van der Waals surface area contributed by atoms with Crippen LogP contribution in [0.2, 0.25) is 0 Å². The van der Waals surface area contributed by atoms with Gasteiger partial charge in [-0.1, -0.05) is 26.0 Å². The summed E-state index contributed by atoms with van der Waals surface area (Å²) in [6.07, 6.45) is 2.13. The van der Waals surface area contributed by atoms with Crippen LogP contribution in [0, 0.1) is 17.2 Å². The Kier molecular flexibility index (Phi) is 3.60. The molecule has 0 bridgehead atoms. The SMILES string of the molecule is CNC(Cc1cccc(F)c1Br)C1CC1(C)C. The van der Waals surface area contributed by atoms with Crippen LogP contribution in [0.15, 0.2) is 22.7 Å². The Labute approximate surface area is 111 Å². The molecule has 0 aromatic heterocycles. The minimum absolute atomic E-state index is 0.174. The monoisotopic (exact) mass is 299 g/mol. The van der Waals surface area contributed by atoms with Crippen LogP contribution in [0.3, 0.4) is 0 Å². The van der Waals surface area contributed by atoms with E-state index in [9.17, 15) is 4.39 Å². The van der Waals surface area contributed by atoms with Gasteiger partial charge in [0.25, 0.3) is 0 Å². The minimum Gasteiger partial charge on any atom is -0.316 e. The summed E-state index contributed by atoms with van der Waals surface area (Å²) in [4.78, 5) is 0. The van der Waals surface area contributed by atoms with E-state index in [1.807, 2.05) is 13.1 Å². The van der Waals surface area contributed by atoms with Crippen LogP contribution in [0.25, 0.3) is 0 Å². The second-order valence-electron chi connectivity index (χ2n) is 5.61. The van der Waals surface area contributed by atoms with Gasteiger partial charge in [-0.05, 0) is 58.8 Å². The van der Waals surface area contributed by atoms with Crippen LogP contribution < -0.4 is 5.32 Å². The molecule has 0 amide bonds. The molecule has 1 N–H and O–H groups in total. The van der Waals surface area contributed by atoms with E-state index < -0.39 is 0 Å². The van der Waals surface area contributed by atoms with Crippen molar-refractivity contribution in [3.8, 4) is 0 Å². The fraction of sp³-hybridized carbons (Fsp3) is 0.571. The molecule has 1 aromatic carbocycles. The standard InChI is InChI=1S/C14H19BrFN/c1-14(2)8-10(14)12(17-3)7-9-5-4-6-11(16)13(9)15/h4-6,10,12,17H,7-8H2,1-3H3. The first-order valence-electron chi connectivity index (χ1n) is 6.06. The molecule has 2 atom stereocenters. The van der Waals surface area contributed by atoms with E-state index in [-0.39, 0.29) is 5.82 Å². The summed E-state index contributed by atoms with van der Waals surface area (Å²) in [5, 5.41) is 3.37. The van der Waals surface area contributed by atoms with Crippen molar-refractivity contribution in [2.24, 2.45) is 11.3 Å². The van der Waals surface area contributed by atoms with Gasteiger partial charge < -0.3 is 5.32 Å². The first kappa shape index (κ1) is 13.0. The molecule has 1 aliphatic rings. The maximum atomic E-state index is 13.4. The average molecular weight is 300 g/mol. The Hall–Kier alpha value is -0.410. The molecule has 0 heterocycles. The van der Waals surface area contributed by atoms with Gasteiger partial charge in [-0.25, -0.2) is 4.39 Å². The highest BCUT2D eigenvalue weighted by Crippen LogP contribution is 2.54. The zero-order valence-corrected chi connectivity index (χ0v) is 12.1. The summed E-state index contributed by atoms with van der Waals surface area (Å²) in [5.41, 5.74) is 1.49.